The van der Waals surface area contributed by atoms with E-state index in [0.29, 0.717) is 18.7 Å². The maximum absolute atomic E-state index is 12.5. The van der Waals surface area contributed by atoms with E-state index < -0.39 is 0 Å². The van der Waals surface area contributed by atoms with E-state index in [4.69, 9.17) is 4.74 Å². The Kier molecular flexibility index (Phi) is 6.29. The minimum Gasteiger partial charge on any atom is -0.383 e. The summed E-state index contributed by atoms with van der Waals surface area (Å²) in [5.41, 5.74) is 0.296. The van der Waals surface area contributed by atoms with Gasteiger partial charge in [0.1, 0.15) is 0 Å². The number of hydrogen-bond acceptors (Lipinski definition) is 3. The van der Waals surface area contributed by atoms with E-state index in [2.05, 4.69) is 18.8 Å². The first-order valence-electron chi connectivity index (χ1n) is 6.62. The molecule has 0 aliphatic carbocycles. The number of ether oxygens (including phenoxy) is 1. The minimum absolute atomic E-state index is 0.0676. The van der Waals surface area contributed by atoms with Crippen LogP contribution < -0.4 is 5.56 Å². The van der Waals surface area contributed by atoms with Crippen LogP contribution in [0.5, 0.6) is 0 Å². The molecule has 1 aromatic heterocycles. The molecule has 1 N–H and O–H groups in total. The highest BCUT2D eigenvalue weighted by Crippen LogP contribution is 2.12. The van der Waals surface area contributed by atoms with E-state index >= 15 is 0 Å². The van der Waals surface area contributed by atoms with Gasteiger partial charge in [-0.2, -0.15) is 0 Å². The predicted molar refractivity (Wildman–Crippen MR) is 74.3 cm³/mol. The average Bonchev–Trinajstić information content (AvgIpc) is 2.43. The van der Waals surface area contributed by atoms with Crippen molar-refractivity contribution in [2.45, 2.75) is 32.7 Å². The summed E-state index contributed by atoms with van der Waals surface area (Å²) in [5.74, 6) is -0.0676. The molecule has 0 aliphatic heterocycles. The van der Waals surface area contributed by atoms with Gasteiger partial charge in [0.05, 0.1) is 12.2 Å². The fourth-order valence-corrected chi connectivity index (χ4v) is 2.08. The molecule has 0 radical (unpaired) electrons. The van der Waals surface area contributed by atoms with Gasteiger partial charge in [0, 0.05) is 32.0 Å². The molecule has 5 nitrogen and oxygen atoms in total. The summed E-state index contributed by atoms with van der Waals surface area (Å²) in [6, 6.07) is 3.12. The summed E-state index contributed by atoms with van der Waals surface area (Å²) < 4.78 is 5.06. The quantitative estimate of drug-likeness (QED) is 0.816. The second-order valence-electron chi connectivity index (χ2n) is 4.40. The summed E-state index contributed by atoms with van der Waals surface area (Å²) in [5, 5.41) is 0. The second-order valence-corrected chi connectivity index (χ2v) is 4.40. The molecule has 1 rings (SSSR count). The fourth-order valence-electron chi connectivity index (χ4n) is 2.08. The Balaban J connectivity index is 2.92. The van der Waals surface area contributed by atoms with Gasteiger partial charge in [0.25, 0.3) is 5.91 Å². The molecule has 19 heavy (non-hydrogen) atoms. The zero-order chi connectivity index (χ0) is 14.3. The molecule has 0 bridgehead atoms. The molecule has 5 heteroatoms. The van der Waals surface area contributed by atoms with Crippen LogP contribution in [0.2, 0.25) is 0 Å². The SMILES string of the molecule is CCC(CC)N(CCOC)C(=O)c1ccc(=O)[nH]c1. The smallest absolute Gasteiger partial charge is 0.255 e. The Bertz CT molecular complexity index is 432. The lowest BCUT2D eigenvalue weighted by molar-refractivity contribution is 0.0589. The van der Waals surface area contributed by atoms with Crippen LogP contribution in [0, 0.1) is 0 Å². The van der Waals surface area contributed by atoms with Gasteiger partial charge >= 0.3 is 0 Å². The molecule has 1 heterocycles. The Hall–Kier alpha value is -1.62. The summed E-state index contributed by atoms with van der Waals surface area (Å²) in [6.45, 7) is 5.19. The van der Waals surface area contributed by atoms with Gasteiger partial charge in [-0.1, -0.05) is 13.8 Å². The monoisotopic (exact) mass is 266 g/mol. The molecule has 106 valence electrons. The number of aromatic amines is 1. The summed E-state index contributed by atoms with van der Waals surface area (Å²) in [6.07, 6.45) is 3.26. The van der Waals surface area contributed by atoms with Crippen LogP contribution in [-0.4, -0.2) is 42.1 Å². The standard InChI is InChI=1S/C14H22N2O3/c1-4-12(5-2)16(8-9-19-3)14(18)11-6-7-13(17)15-10-11/h6-7,10,12H,4-5,8-9H2,1-3H3,(H,15,17). The third kappa shape index (κ3) is 4.21. The maximum Gasteiger partial charge on any atom is 0.255 e. The molecular weight excluding hydrogens is 244 g/mol. The molecule has 0 atom stereocenters. The zero-order valence-corrected chi connectivity index (χ0v) is 11.8. The van der Waals surface area contributed by atoms with Crippen molar-refractivity contribution in [1.82, 2.24) is 9.88 Å². The van der Waals surface area contributed by atoms with Crippen molar-refractivity contribution in [3.63, 3.8) is 0 Å². The number of methoxy groups -OCH3 is 1. The summed E-state index contributed by atoms with van der Waals surface area (Å²) >= 11 is 0. The molecular formula is C14H22N2O3. The molecule has 0 aliphatic rings. The molecule has 0 saturated carbocycles. The van der Waals surface area contributed by atoms with Crippen molar-refractivity contribution in [2.75, 3.05) is 20.3 Å². The van der Waals surface area contributed by atoms with Gasteiger partial charge < -0.3 is 14.6 Å². The number of nitrogens with one attached hydrogen (secondary N) is 1. The first kappa shape index (κ1) is 15.4. The van der Waals surface area contributed by atoms with Crippen molar-refractivity contribution in [3.05, 3.63) is 34.2 Å². The fraction of sp³-hybridized carbons (Fsp3) is 0.571. The number of H-pyrrole nitrogens is 1. The number of amides is 1. The van der Waals surface area contributed by atoms with Gasteiger partial charge in [-0.15, -0.1) is 0 Å². The molecule has 0 spiro atoms. The molecule has 0 unspecified atom stereocenters. The highest BCUT2D eigenvalue weighted by Gasteiger charge is 2.22. The number of hydrogen-bond donors (Lipinski definition) is 1. The number of carbonyl (C=O) groups is 1. The maximum atomic E-state index is 12.5. The molecule has 1 aromatic rings. The number of pyridine rings is 1. The topological polar surface area (TPSA) is 62.4 Å². The van der Waals surface area contributed by atoms with Gasteiger partial charge in [-0.05, 0) is 18.9 Å². The average molecular weight is 266 g/mol. The van der Waals surface area contributed by atoms with Crippen LogP contribution in [0.4, 0.5) is 0 Å². The Labute approximate surface area is 113 Å². The van der Waals surface area contributed by atoms with Crippen molar-refractivity contribution < 1.29 is 9.53 Å². The second kappa shape index (κ2) is 7.74. The van der Waals surface area contributed by atoms with Crippen LogP contribution >= 0.6 is 0 Å². The molecule has 0 fully saturated rings. The van der Waals surface area contributed by atoms with Crippen molar-refractivity contribution in [3.8, 4) is 0 Å². The highest BCUT2D eigenvalue weighted by molar-refractivity contribution is 5.94. The normalized spacial score (nSPS) is 10.7. The molecule has 1 amide bonds. The lowest BCUT2D eigenvalue weighted by Gasteiger charge is -2.30. The number of nitrogens with zero attached hydrogens (tertiary/aromatic N) is 1. The first-order chi connectivity index (χ1) is 9.13. The molecule has 0 saturated heterocycles. The van der Waals surface area contributed by atoms with Crippen LogP contribution in [0.1, 0.15) is 37.0 Å². The Morgan fingerprint density at radius 1 is 1.37 bits per heavy atom. The predicted octanol–water partition coefficient (Wildman–Crippen LogP) is 1.65. The van der Waals surface area contributed by atoms with Crippen LogP contribution in [0.15, 0.2) is 23.1 Å². The van der Waals surface area contributed by atoms with E-state index in [1.165, 1.54) is 12.3 Å². The van der Waals surface area contributed by atoms with Gasteiger partial charge in [-0.25, -0.2) is 0 Å². The number of rotatable bonds is 7. The van der Waals surface area contributed by atoms with E-state index in [9.17, 15) is 9.59 Å². The Morgan fingerprint density at radius 2 is 2.05 bits per heavy atom. The van der Waals surface area contributed by atoms with Crippen molar-refractivity contribution in [2.24, 2.45) is 0 Å². The summed E-state index contributed by atoms with van der Waals surface area (Å²) in [7, 11) is 1.62. The van der Waals surface area contributed by atoms with Crippen molar-refractivity contribution in [1.29, 1.82) is 0 Å². The van der Waals surface area contributed by atoms with E-state index in [1.54, 1.807) is 13.2 Å². The highest BCUT2D eigenvalue weighted by atomic mass is 16.5. The lowest BCUT2D eigenvalue weighted by Crippen LogP contribution is -2.42. The van der Waals surface area contributed by atoms with Gasteiger partial charge in [0.2, 0.25) is 5.56 Å². The van der Waals surface area contributed by atoms with Gasteiger partial charge in [0.15, 0.2) is 0 Å². The molecule has 0 aromatic carbocycles. The van der Waals surface area contributed by atoms with E-state index in [1.807, 2.05) is 4.90 Å². The third-order valence-corrected chi connectivity index (χ3v) is 3.21. The third-order valence-electron chi connectivity index (χ3n) is 3.21. The zero-order valence-electron chi connectivity index (χ0n) is 11.8. The minimum atomic E-state index is -0.206. The van der Waals surface area contributed by atoms with Crippen molar-refractivity contribution >= 4 is 5.91 Å². The number of carbonyl (C=O) groups excluding carboxylic acids is 1. The number of aromatic nitrogens is 1. The first-order valence-corrected chi connectivity index (χ1v) is 6.62. The largest absolute Gasteiger partial charge is 0.383 e. The van der Waals surface area contributed by atoms with E-state index in [-0.39, 0.29) is 17.5 Å². The Morgan fingerprint density at radius 3 is 2.53 bits per heavy atom. The lowest BCUT2D eigenvalue weighted by atomic mass is 10.1. The van der Waals surface area contributed by atoms with E-state index in [0.717, 1.165) is 12.8 Å². The van der Waals surface area contributed by atoms with Crippen LogP contribution in [0.3, 0.4) is 0 Å². The van der Waals surface area contributed by atoms with Crippen LogP contribution in [-0.2, 0) is 4.74 Å². The van der Waals surface area contributed by atoms with Crippen LogP contribution in [0.25, 0.3) is 0 Å². The summed E-state index contributed by atoms with van der Waals surface area (Å²) in [4.78, 5) is 27.9. The van der Waals surface area contributed by atoms with Gasteiger partial charge in [-0.3, -0.25) is 9.59 Å².